The second-order valence-corrected chi connectivity index (χ2v) is 9.41. The zero-order chi connectivity index (χ0) is 24.5. The van der Waals surface area contributed by atoms with Crippen LogP contribution in [0.1, 0.15) is 19.3 Å². The molecule has 0 bridgehead atoms. The van der Waals surface area contributed by atoms with Crippen LogP contribution in [0.2, 0.25) is 0 Å². The Morgan fingerprint density at radius 3 is 2.67 bits per heavy atom. The molecule has 5 aromatic heterocycles. The van der Waals surface area contributed by atoms with Gasteiger partial charge in [-0.15, -0.1) is 0 Å². The summed E-state index contributed by atoms with van der Waals surface area (Å²) in [6.07, 6.45) is 10.9. The van der Waals surface area contributed by atoms with E-state index in [1.807, 2.05) is 44.7 Å². The third kappa shape index (κ3) is 4.35. The van der Waals surface area contributed by atoms with Crippen LogP contribution in [0.5, 0.6) is 5.75 Å². The minimum absolute atomic E-state index is 0.594. The van der Waals surface area contributed by atoms with Gasteiger partial charge in [0, 0.05) is 31.4 Å². The molecule has 5 aromatic rings. The summed E-state index contributed by atoms with van der Waals surface area (Å²) < 4.78 is 5.86. The molecule has 1 saturated heterocycles. The molecule has 6 heterocycles. The summed E-state index contributed by atoms with van der Waals surface area (Å²) in [5.41, 5.74) is 6.83. The molecule has 1 aliphatic rings. The molecule has 0 aromatic carbocycles. The number of anilines is 1. The van der Waals surface area contributed by atoms with Crippen LogP contribution in [0.25, 0.3) is 44.8 Å². The third-order valence-corrected chi connectivity index (χ3v) is 6.52. The molecule has 0 spiro atoms. The third-order valence-electron chi connectivity index (χ3n) is 6.52. The van der Waals surface area contributed by atoms with Crippen molar-refractivity contribution in [1.82, 2.24) is 40.0 Å². The summed E-state index contributed by atoms with van der Waals surface area (Å²) in [4.78, 5) is 26.6. The number of aromatic amines is 2. The largest absolute Gasteiger partial charge is 0.491 e. The Hall–Kier alpha value is -4.05. The number of H-pyrrole nitrogens is 2. The van der Waals surface area contributed by atoms with Crippen molar-refractivity contribution in [3.8, 4) is 28.5 Å². The molecule has 0 atom stereocenters. The van der Waals surface area contributed by atoms with Gasteiger partial charge in [-0.05, 0) is 51.6 Å². The lowest BCUT2D eigenvalue weighted by molar-refractivity contribution is 0.261. The van der Waals surface area contributed by atoms with Gasteiger partial charge in [0.25, 0.3) is 0 Å². The van der Waals surface area contributed by atoms with Gasteiger partial charge in [0.05, 0.1) is 41.0 Å². The molecule has 1 aliphatic heterocycles. The highest BCUT2D eigenvalue weighted by Crippen LogP contribution is 2.31. The fraction of sp³-hybridized carbons (Fsp3) is 0.346. The number of pyridine rings is 3. The highest BCUT2D eigenvalue weighted by atomic mass is 16.5. The van der Waals surface area contributed by atoms with E-state index in [0.29, 0.717) is 18.1 Å². The van der Waals surface area contributed by atoms with Crippen molar-refractivity contribution in [2.45, 2.75) is 19.3 Å². The Morgan fingerprint density at radius 1 is 0.944 bits per heavy atom. The molecule has 1 fully saturated rings. The fourth-order valence-electron chi connectivity index (χ4n) is 4.61. The van der Waals surface area contributed by atoms with Crippen LogP contribution < -0.4 is 9.64 Å². The van der Waals surface area contributed by atoms with Crippen molar-refractivity contribution in [2.24, 2.45) is 0 Å². The summed E-state index contributed by atoms with van der Waals surface area (Å²) in [6, 6.07) is 5.91. The maximum absolute atomic E-state index is 5.86. The maximum Gasteiger partial charge on any atom is 0.161 e. The fourth-order valence-corrected chi connectivity index (χ4v) is 4.61. The minimum atomic E-state index is 0.594. The van der Waals surface area contributed by atoms with Gasteiger partial charge >= 0.3 is 0 Å². The molecule has 6 rings (SSSR count). The van der Waals surface area contributed by atoms with Gasteiger partial charge in [0.2, 0.25) is 0 Å². The number of fused-ring (bicyclic) bond motifs is 2. The summed E-state index contributed by atoms with van der Waals surface area (Å²) >= 11 is 0. The quantitative estimate of drug-likeness (QED) is 0.359. The summed E-state index contributed by atoms with van der Waals surface area (Å²) in [6.45, 7) is 3.49. The van der Waals surface area contributed by atoms with Crippen molar-refractivity contribution < 1.29 is 4.74 Å². The molecule has 0 radical (unpaired) electrons. The average Bonchev–Trinajstić information content (AvgIpc) is 3.53. The summed E-state index contributed by atoms with van der Waals surface area (Å²) in [7, 11) is 4.04. The Bertz CT molecular complexity index is 1500. The smallest absolute Gasteiger partial charge is 0.161 e. The van der Waals surface area contributed by atoms with Crippen LogP contribution in [-0.4, -0.2) is 80.4 Å². The lowest BCUT2D eigenvalue weighted by Crippen LogP contribution is -2.29. The monoisotopic (exact) mass is 483 g/mol. The zero-order valence-electron chi connectivity index (χ0n) is 20.5. The van der Waals surface area contributed by atoms with Gasteiger partial charge in [0.1, 0.15) is 23.4 Å². The van der Waals surface area contributed by atoms with Gasteiger partial charge in [-0.25, -0.2) is 9.97 Å². The molecule has 10 nitrogen and oxygen atoms in total. The van der Waals surface area contributed by atoms with E-state index >= 15 is 0 Å². The first-order chi connectivity index (χ1) is 17.7. The summed E-state index contributed by atoms with van der Waals surface area (Å²) in [5, 5.41) is 7.65. The molecule has 0 saturated carbocycles. The first-order valence-corrected chi connectivity index (χ1v) is 12.3. The van der Waals surface area contributed by atoms with Crippen LogP contribution in [0.3, 0.4) is 0 Å². The SMILES string of the molecule is CN(C)CCOc1cncc(-c2ccc3[nH]nc(-c4nc5c(N6CCCCC6)cncc5[nH]4)c3n2)c1. The van der Waals surface area contributed by atoms with Crippen molar-refractivity contribution >= 4 is 27.8 Å². The van der Waals surface area contributed by atoms with E-state index in [1.54, 1.807) is 12.4 Å². The Labute approximate surface area is 208 Å². The van der Waals surface area contributed by atoms with Crippen molar-refractivity contribution in [3.05, 3.63) is 43.0 Å². The molecule has 184 valence electrons. The lowest BCUT2D eigenvalue weighted by atomic mass is 10.1. The van der Waals surface area contributed by atoms with Gasteiger partial charge in [0.15, 0.2) is 11.5 Å². The van der Waals surface area contributed by atoms with Gasteiger partial charge < -0.3 is 19.5 Å². The second kappa shape index (κ2) is 9.54. The van der Waals surface area contributed by atoms with Crippen LogP contribution >= 0.6 is 0 Å². The van der Waals surface area contributed by atoms with E-state index in [0.717, 1.165) is 64.4 Å². The number of rotatable bonds is 7. The van der Waals surface area contributed by atoms with E-state index in [-0.39, 0.29) is 0 Å². The van der Waals surface area contributed by atoms with E-state index in [2.05, 4.69) is 34.9 Å². The molecular formula is C26H29N9O. The number of nitrogens with zero attached hydrogens (tertiary/aromatic N) is 7. The number of nitrogens with one attached hydrogen (secondary N) is 2. The summed E-state index contributed by atoms with van der Waals surface area (Å²) in [5.74, 6) is 1.39. The van der Waals surface area contributed by atoms with Gasteiger partial charge in [-0.2, -0.15) is 5.10 Å². The Balaban J connectivity index is 1.34. The van der Waals surface area contributed by atoms with Crippen LogP contribution in [0, 0.1) is 0 Å². The number of likely N-dealkylation sites (N-methyl/N-ethyl adjacent to an activating group) is 1. The lowest BCUT2D eigenvalue weighted by Gasteiger charge is -2.28. The standard InChI is InChI=1S/C26H29N9O/c1-34(2)10-11-36-18-12-17(13-27-14-18)19-6-7-20-24(29-19)25(33-32-20)26-30-21-15-28-16-22(23(21)31-26)35-8-4-3-5-9-35/h6-7,12-16H,3-5,8-11H2,1-2H3,(H,30,31)(H,32,33). The first-order valence-electron chi connectivity index (χ1n) is 12.3. The van der Waals surface area contributed by atoms with E-state index < -0.39 is 0 Å². The Kier molecular flexibility index (Phi) is 5.94. The number of imidazole rings is 1. The predicted octanol–water partition coefficient (Wildman–Crippen LogP) is 3.89. The molecule has 10 heteroatoms. The van der Waals surface area contributed by atoms with Crippen molar-refractivity contribution in [2.75, 3.05) is 45.2 Å². The van der Waals surface area contributed by atoms with Crippen molar-refractivity contribution in [3.63, 3.8) is 0 Å². The Morgan fingerprint density at radius 2 is 1.81 bits per heavy atom. The molecule has 0 aliphatic carbocycles. The molecule has 36 heavy (non-hydrogen) atoms. The van der Waals surface area contributed by atoms with E-state index in [1.165, 1.54) is 19.3 Å². The van der Waals surface area contributed by atoms with Crippen LogP contribution in [-0.2, 0) is 0 Å². The maximum atomic E-state index is 5.86. The average molecular weight is 484 g/mol. The van der Waals surface area contributed by atoms with E-state index in [4.69, 9.17) is 14.7 Å². The highest BCUT2D eigenvalue weighted by Gasteiger charge is 2.20. The topological polar surface area (TPSA) is 112 Å². The second-order valence-electron chi connectivity index (χ2n) is 9.41. The van der Waals surface area contributed by atoms with Crippen LogP contribution in [0.4, 0.5) is 5.69 Å². The van der Waals surface area contributed by atoms with Gasteiger partial charge in [-0.3, -0.25) is 15.1 Å². The molecular weight excluding hydrogens is 454 g/mol. The van der Waals surface area contributed by atoms with E-state index in [9.17, 15) is 0 Å². The number of piperidine rings is 1. The first kappa shape index (κ1) is 22.4. The minimum Gasteiger partial charge on any atom is -0.491 e. The predicted molar refractivity (Wildman–Crippen MR) is 140 cm³/mol. The zero-order valence-corrected chi connectivity index (χ0v) is 20.5. The molecule has 2 N–H and O–H groups in total. The van der Waals surface area contributed by atoms with Gasteiger partial charge in [-0.1, -0.05) is 0 Å². The van der Waals surface area contributed by atoms with Crippen LogP contribution in [0.15, 0.2) is 43.0 Å². The molecule has 0 amide bonds. The number of hydrogen-bond donors (Lipinski definition) is 2. The number of ether oxygens (including phenoxy) is 1. The van der Waals surface area contributed by atoms with Crippen molar-refractivity contribution in [1.29, 1.82) is 0 Å². The molecule has 0 unspecified atom stereocenters. The number of hydrogen-bond acceptors (Lipinski definition) is 8. The highest BCUT2D eigenvalue weighted by molar-refractivity contribution is 5.94. The normalized spacial score (nSPS) is 14.2. The number of aromatic nitrogens is 7.